The molecule has 0 aliphatic heterocycles. The van der Waals surface area contributed by atoms with Crippen molar-refractivity contribution >= 4 is 6.29 Å². The van der Waals surface area contributed by atoms with Crippen LogP contribution in [0.1, 0.15) is 72.6 Å². The molecule has 2 aliphatic rings. The number of carbonyl (C=O) groups excluding carboxylic acids is 1. The smallest absolute Gasteiger partial charge is 0.146 e. The van der Waals surface area contributed by atoms with E-state index in [0.29, 0.717) is 23.9 Å². The Morgan fingerprint density at radius 2 is 2.09 bits per heavy atom. The molecule has 22 heavy (non-hydrogen) atoms. The highest BCUT2D eigenvalue weighted by atomic mass is 16.3. The second kappa shape index (κ2) is 6.86. The van der Waals surface area contributed by atoms with Gasteiger partial charge in [0.25, 0.3) is 0 Å². The molecule has 0 aromatic heterocycles. The fourth-order valence-electron chi connectivity index (χ4n) is 5.25. The fourth-order valence-corrected chi connectivity index (χ4v) is 5.25. The lowest BCUT2D eigenvalue weighted by Gasteiger charge is -2.57. The molecular formula is C20H34O2. The van der Waals surface area contributed by atoms with Gasteiger partial charge < -0.3 is 5.11 Å². The third-order valence-electron chi connectivity index (χ3n) is 7.19. The normalized spacial score (nSPS) is 39.8. The van der Waals surface area contributed by atoms with Crippen LogP contribution in [0.3, 0.4) is 0 Å². The summed E-state index contributed by atoms with van der Waals surface area (Å²) in [6.07, 6.45) is 11.3. The molecule has 0 spiro atoms. The highest BCUT2D eigenvalue weighted by Crippen LogP contribution is 2.61. The Hall–Kier alpha value is -0.630. The van der Waals surface area contributed by atoms with Crippen LogP contribution >= 0.6 is 0 Å². The van der Waals surface area contributed by atoms with Crippen LogP contribution in [0.25, 0.3) is 0 Å². The highest BCUT2D eigenvalue weighted by molar-refractivity contribution is 5.76. The predicted molar refractivity (Wildman–Crippen MR) is 91.6 cm³/mol. The molecule has 2 nitrogen and oxygen atoms in total. The SMILES string of the molecule is C[C@H](CCO)CC[C@@]1(C)[C@H](C)CC[C@]2(C)C(C=O)=CCC[C@H]12. The number of aldehydes is 1. The zero-order valence-electron chi connectivity index (χ0n) is 14.9. The minimum Gasteiger partial charge on any atom is -0.396 e. The van der Waals surface area contributed by atoms with Crippen molar-refractivity contribution in [2.24, 2.45) is 28.6 Å². The molecular weight excluding hydrogens is 272 g/mol. The first-order valence-corrected chi connectivity index (χ1v) is 9.15. The standard InChI is InChI=1S/C20H34O2/c1-15(10-13-21)8-11-19(3)16(2)9-12-20(4)17(14-22)6-5-7-18(19)20/h6,14-16,18,21H,5,7-13H2,1-4H3/t15-,16+,18+,19-,20+/m0/s1. The van der Waals surface area contributed by atoms with Crippen LogP contribution in [-0.4, -0.2) is 18.0 Å². The summed E-state index contributed by atoms with van der Waals surface area (Å²) in [6.45, 7) is 9.77. The van der Waals surface area contributed by atoms with Gasteiger partial charge in [0.2, 0.25) is 0 Å². The van der Waals surface area contributed by atoms with Crippen molar-refractivity contribution in [3.8, 4) is 0 Å². The molecule has 2 aliphatic carbocycles. The molecule has 1 N–H and O–H groups in total. The van der Waals surface area contributed by atoms with Crippen LogP contribution < -0.4 is 0 Å². The Kier molecular flexibility index (Phi) is 5.53. The Balaban J connectivity index is 2.21. The maximum Gasteiger partial charge on any atom is 0.146 e. The van der Waals surface area contributed by atoms with E-state index in [9.17, 15) is 4.79 Å². The molecule has 0 unspecified atom stereocenters. The average Bonchev–Trinajstić information content (AvgIpc) is 2.49. The first-order chi connectivity index (χ1) is 10.4. The third-order valence-corrected chi connectivity index (χ3v) is 7.19. The Bertz CT molecular complexity index is 427. The summed E-state index contributed by atoms with van der Waals surface area (Å²) < 4.78 is 0. The van der Waals surface area contributed by atoms with E-state index in [-0.39, 0.29) is 5.41 Å². The Labute approximate surface area is 136 Å². The number of rotatable bonds is 6. The molecule has 0 saturated heterocycles. The number of allylic oxidation sites excluding steroid dienone is 2. The molecule has 0 aromatic carbocycles. The Morgan fingerprint density at radius 1 is 1.36 bits per heavy atom. The molecule has 5 atom stereocenters. The average molecular weight is 306 g/mol. The maximum absolute atomic E-state index is 11.6. The molecule has 126 valence electrons. The molecule has 0 aromatic rings. The summed E-state index contributed by atoms with van der Waals surface area (Å²) in [5.41, 5.74) is 1.46. The van der Waals surface area contributed by atoms with Crippen LogP contribution in [0.2, 0.25) is 0 Å². The summed E-state index contributed by atoms with van der Waals surface area (Å²) in [6, 6.07) is 0. The summed E-state index contributed by atoms with van der Waals surface area (Å²) >= 11 is 0. The lowest BCUT2D eigenvalue weighted by atomic mass is 9.47. The lowest BCUT2D eigenvalue weighted by molar-refractivity contribution is -0.109. The van der Waals surface area contributed by atoms with Crippen molar-refractivity contribution in [2.75, 3.05) is 6.61 Å². The van der Waals surface area contributed by atoms with Gasteiger partial charge in [0.1, 0.15) is 6.29 Å². The van der Waals surface area contributed by atoms with E-state index in [2.05, 4.69) is 33.8 Å². The van der Waals surface area contributed by atoms with Crippen molar-refractivity contribution in [3.63, 3.8) is 0 Å². The van der Waals surface area contributed by atoms with E-state index in [1.54, 1.807) is 0 Å². The maximum atomic E-state index is 11.6. The second-order valence-corrected chi connectivity index (χ2v) is 8.43. The zero-order chi connectivity index (χ0) is 16.4. The van der Waals surface area contributed by atoms with Crippen molar-refractivity contribution < 1.29 is 9.90 Å². The van der Waals surface area contributed by atoms with Gasteiger partial charge in [0.05, 0.1) is 0 Å². The topological polar surface area (TPSA) is 37.3 Å². The molecule has 0 bridgehead atoms. The van der Waals surface area contributed by atoms with E-state index < -0.39 is 0 Å². The number of aliphatic hydroxyl groups is 1. The minimum atomic E-state index is 0.0848. The predicted octanol–water partition coefficient (Wildman–Crippen LogP) is 4.76. The summed E-state index contributed by atoms with van der Waals surface area (Å²) in [4.78, 5) is 11.6. The van der Waals surface area contributed by atoms with Crippen molar-refractivity contribution in [1.82, 2.24) is 0 Å². The lowest BCUT2D eigenvalue weighted by Crippen LogP contribution is -2.50. The largest absolute Gasteiger partial charge is 0.396 e. The van der Waals surface area contributed by atoms with Crippen LogP contribution in [0.15, 0.2) is 11.6 Å². The van der Waals surface area contributed by atoms with E-state index in [4.69, 9.17) is 5.11 Å². The van der Waals surface area contributed by atoms with Gasteiger partial charge in [-0.25, -0.2) is 0 Å². The van der Waals surface area contributed by atoms with Gasteiger partial charge in [-0.15, -0.1) is 0 Å². The highest BCUT2D eigenvalue weighted by Gasteiger charge is 2.53. The molecule has 1 saturated carbocycles. The number of hydrogen-bond donors (Lipinski definition) is 1. The summed E-state index contributed by atoms with van der Waals surface area (Å²) in [7, 11) is 0. The van der Waals surface area contributed by atoms with E-state index in [1.807, 2.05) is 0 Å². The monoisotopic (exact) mass is 306 g/mol. The number of aliphatic hydroxyl groups excluding tert-OH is 1. The third kappa shape index (κ3) is 3.04. The molecule has 1 fully saturated rings. The van der Waals surface area contributed by atoms with Crippen LogP contribution in [0.5, 0.6) is 0 Å². The van der Waals surface area contributed by atoms with Crippen LogP contribution in [0.4, 0.5) is 0 Å². The van der Waals surface area contributed by atoms with E-state index in [1.165, 1.54) is 25.7 Å². The number of fused-ring (bicyclic) bond motifs is 1. The number of hydrogen-bond acceptors (Lipinski definition) is 2. The van der Waals surface area contributed by atoms with Gasteiger partial charge in [-0.05, 0) is 72.7 Å². The van der Waals surface area contributed by atoms with Gasteiger partial charge in [0, 0.05) is 6.61 Å². The van der Waals surface area contributed by atoms with E-state index >= 15 is 0 Å². The summed E-state index contributed by atoms with van der Waals surface area (Å²) in [5, 5.41) is 9.14. The first kappa shape index (κ1) is 17.7. The molecule has 0 radical (unpaired) electrons. The summed E-state index contributed by atoms with van der Waals surface area (Å²) in [5.74, 6) is 1.93. The fraction of sp³-hybridized carbons (Fsp3) is 0.850. The zero-order valence-corrected chi connectivity index (χ0v) is 14.9. The van der Waals surface area contributed by atoms with Crippen molar-refractivity contribution in [3.05, 3.63) is 11.6 Å². The first-order valence-electron chi connectivity index (χ1n) is 9.15. The van der Waals surface area contributed by atoms with Gasteiger partial charge in [0.15, 0.2) is 0 Å². The molecule has 0 heterocycles. The molecule has 0 amide bonds. The molecule has 2 rings (SSSR count). The second-order valence-electron chi connectivity index (χ2n) is 8.43. The number of carbonyl (C=O) groups is 1. The van der Waals surface area contributed by atoms with Gasteiger partial charge in [-0.2, -0.15) is 0 Å². The van der Waals surface area contributed by atoms with Gasteiger partial charge >= 0.3 is 0 Å². The van der Waals surface area contributed by atoms with Crippen molar-refractivity contribution in [1.29, 1.82) is 0 Å². The van der Waals surface area contributed by atoms with Gasteiger partial charge in [-0.3, -0.25) is 4.79 Å². The van der Waals surface area contributed by atoms with Gasteiger partial charge in [-0.1, -0.05) is 40.2 Å². The Morgan fingerprint density at radius 3 is 2.73 bits per heavy atom. The van der Waals surface area contributed by atoms with Crippen LogP contribution in [-0.2, 0) is 4.79 Å². The quantitative estimate of drug-likeness (QED) is 0.718. The van der Waals surface area contributed by atoms with Crippen LogP contribution in [0, 0.1) is 28.6 Å². The van der Waals surface area contributed by atoms with E-state index in [0.717, 1.165) is 37.0 Å². The van der Waals surface area contributed by atoms with Crippen molar-refractivity contribution in [2.45, 2.75) is 72.6 Å². The molecule has 2 heteroatoms. The minimum absolute atomic E-state index is 0.0848.